The summed E-state index contributed by atoms with van der Waals surface area (Å²) < 4.78 is 0. The summed E-state index contributed by atoms with van der Waals surface area (Å²) in [7, 11) is 1.73. The van der Waals surface area contributed by atoms with Gasteiger partial charge < -0.3 is 11.5 Å². The predicted molar refractivity (Wildman–Crippen MR) is 43.1 cm³/mol. The first-order valence-electron chi connectivity index (χ1n) is 3.00. The second-order valence-electron chi connectivity index (χ2n) is 2.11. The Morgan fingerprint density at radius 2 is 2.27 bits per heavy atom. The summed E-state index contributed by atoms with van der Waals surface area (Å²) in [6, 6.07) is 0. The normalized spacial score (nSPS) is 9.45. The highest BCUT2D eigenvalue weighted by Crippen LogP contribution is 1.98. The van der Waals surface area contributed by atoms with Gasteiger partial charge in [0.15, 0.2) is 19.4 Å². The fourth-order valence-corrected chi connectivity index (χ4v) is 0.686. The van der Waals surface area contributed by atoms with Crippen LogP contribution >= 0.6 is 0 Å². The summed E-state index contributed by atoms with van der Waals surface area (Å²) in [5, 5.41) is 0. The van der Waals surface area contributed by atoms with E-state index in [1.807, 2.05) is 0 Å². The van der Waals surface area contributed by atoms with Gasteiger partial charge in [0, 0.05) is 11.8 Å². The third-order valence-electron chi connectivity index (χ3n) is 1.15. The largest absolute Gasteiger partial charge is 0.382 e. The van der Waals surface area contributed by atoms with Crippen molar-refractivity contribution in [2.24, 2.45) is 5.73 Å². The SMILES string of the molecule is Bc1cnc(C(N)=O)c(N)n1. The highest BCUT2D eigenvalue weighted by atomic mass is 16.1. The maximum absolute atomic E-state index is 10.6. The summed E-state index contributed by atoms with van der Waals surface area (Å²) in [6.07, 6.45) is 1.44. The second-order valence-corrected chi connectivity index (χ2v) is 2.11. The highest BCUT2D eigenvalue weighted by molar-refractivity contribution is 6.30. The molecule has 0 saturated heterocycles. The molecule has 0 aliphatic rings. The third kappa shape index (κ3) is 1.46. The number of hydrogen-bond acceptors (Lipinski definition) is 4. The second kappa shape index (κ2) is 2.57. The Kier molecular flexibility index (Phi) is 1.76. The number of nitrogens with zero attached hydrogens (tertiary/aromatic N) is 2. The summed E-state index contributed by atoms with van der Waals surface area (Å²) in [4.78, 5) is 18.1. The molecule has 0 aliphatic carbocycles. The minimum atomic E-state index is -0.657. The van der Waals surface area contributed by atoms with Crippen LogP contribution in [0.25, 0.3) is 0 Å². The van der Waals surface area contributed by atoms with Gasteiger partial charge in [-0.15, -0.1) is 0 Å². The lowest BCUT2D eigenvalue weighted by Gasteiger charge is -1.98. The molecule has 0 aromatic carbocycles. The molecule has 0 atom stereocenters. The minimum absolute atomic E-state index is 0.0237. The molecule has 1 amide bonds. The first kappa shape index (κ1) is 7.52. The van der Waals surface area contributed by atoms with E-state index in [0.29, 0.717) is 5.59 Å². The summed E-state index contributed by atoms with van der Waals surface area (Å²) in [5.74, 6) is -0.576. The van der Waals surface area contributed by atoms with Crippen molar-refractivity contribution in [1.82, 2.24) is 9.97 Å². The molecular weight excluding hydrogens is 143 g/mol. The van der Waals surface area contributed by atoms with Gasteiger partial charge in [-0.2, -0.15) is 0 Å². The molecule has 0 unspecified atom stereocenters. The number of nitrogen functional groups attached to an aromatic ring is 1. The topological polar surface area (TPSA) is 94.9 Å². The predicted octanol–water partition coefficient (Wildman–Crippen LogP) is -2.58. The Hall–Kier alpha value is -1.59. The Morgan fingerprint density at radius 1 is 1.64 bits per heavy atom. The first-order valence-corrected chi connectivity index (χ1v) is 3.00. The molecule has 11 heavy (non-hydrogen) atoms. The first-order chi connectivity index (χ1) is 5.11. The van der Waals surface area contributed by atoms with Gasteiger partial charge in [-0.3, -0.25) is 4.79 Å². The molecule has 0 saturated carbocycles. The van der Waals surface area contributed by atoms with Crippen molar-refractivity contribution in [3.8, 4) is 0 Å². The van der Waals surface area contributed by atoms with E-state index in [9.17, 15) is 4.79 Å². The number of nitrogens with two attached hydrogens (primary N) is 2. The average molecular weight is 150 g/mol. The van der Waals surface area contributed by atoms with Crippen LogP contribution in [0.3, 0.4) is 0 Å². The highest BCUT2D eigenvalue weighted by Gasteiger charge is 2.07. The Labute approximate surface area is 64.2 Å². The van der Waals surface area contributed by atoms with Crippen LogP contribution in [-0.4, -0.2) is 23.7 Å². The van der Waals surface area contributed by atoms with Crippen molar-refractivity contribution >= 4 is 25.2 Å². The van der Waals surface area contributed by atoms with E-state index in [4.69, 9.17) is 11.5 Å². The van der Waals surface area contributed by atoms with Gasteiger partial charge in [-0.25, -0.2) is 9.97 Å². The van der Waals surface area contributed by atoms with E-state index in [1.54, 1.807) is 7.85 Å². The lowest BCUT2D eigenvalue weighted by molar-refractivity contribution is 0.0996. The Bertz CT molecular complexity index is 301. The smallest absolute Gasteiger partial charge is 0.271 e. The molecule has 5 nitrogen and oxygen atoms in total. The van der Waals surface area contributed by atoms with Crippen LogP contribution < -0.4 is 17.1 Å². The van der Waals surface area contributed by atoms with E-state index < -0.39 is 5.91 Å². The number of primary amides is 1. The monoisotopic (exact) mass is 150 g/mol. The number of amides is 1. The van der Waals surface area contributed by atoms with E-state index in [2.05, 4.69) is 9.97 Å². The van der Waals surface area contributed by atoms with E-state index in [0.717, 1.165) is 0 Å². The number of anilines is 1. The fraction of sp³-hybridized carbons (Fsp3) is 0. The minimum Gasteiger partial charge on any atom is -0.382 e. The number of hydrogen-bond donors (Lipinski definition) is 2. The molecule has 4 N–H and O–H groups in total. The Morgan fingerprint density at radius 3 is 2.73 bits per heavy atom. The number of rotatable bonds is 1. The number of aromatic nitrogens is 2. The molecule has 56 valence electrons. The molecule has 6 heteroatoms. The van der Waals surface area contributed by atoms with Crippen molar-refractivity contribution in [2.75, 3.05) is 5.73 Å². The van der Waals surface area contributed by atoms with Gasteiger partial charge in [0.05, 0.1) is 0 Å². The molecular formula is C5H7BN4O. The molecule has 0 fully saturated rings. The van der Waals surface area contributed by atoms with E-state index in [-0.39, 0.29) is 11.5 Å². The van der Waals surface area contributed by atoms with Gasteiger partial charge in [0.1, 0.15) is 0 Å². The van der Waals surface area contributed by atoms with E-state index in [1.165, 1.54) is 6.20 Å². The third-order valence-corrected chi connectivity index (χ3v) is 1.15. The van der Waals surface area contributed by atoms with Gasteiger partial charge in [0.2, 0.25) is 0 Å². The lowest BCUT2D eigenvalue weighted by Crippen LogP contribution is -2.21. The molecule has 1 heterocycles. The van der Waals surface area contributed by atoms with E-state index >= 15 is 0 Å². The van der Waals surface area contributed by atoms with Crippen molar-refractivity contribution in [3.63, 3.8) is 0 Å². The van der Waals surface area contributed by atoms with Gasteiger partial charge in [-0.1, -0.05) is 0 Å². The molecule has 1 aromatic heterocycles. The zero-order valence-electron chi connectivity index (χ0n) is 6.03. The van der Waals surface area contributed by atoms with Crippen molar-refractivity contribution in [3.05, 3.63) is 11.9 Å². The standard InChI is InChI=1S/C5H7BN4O/c6-2-1-9-3(5(8)11)4(7)10-2/h1H,6H2,(H2,7,10)(H2,8,11). The van der Waals surface area contributed by atoms with Gasteiger partial charge in [-0.05, 0) is 0 Å². The van der Waals surface area contributed by atoms with Crippen LogP contribution in [0.15, 0.2) is 6.20 Å². The molecule has 1 aromatic rings. The summed E-state index contributed by atoms with van der Waals surface area (Å²) in [5.41, 5.74) is 11.0. The summed E-state index contributed by atoms with van der Waals surface area (Å²) >= 11 is 0. The zero-order chi connectivity index (χ0) is 8.43. The van der Waals surface area contributed by atoms with Crippen LogP contribution in [0.4, 0.5) is 5.82 Å². The zero-order valence-corrected chi connectivity index (χ0v) is 6.03. The lowest BCUT2D eigenvalue weighted by atomic mass is 10.1. The number of carbonyl (C=O) groups excluding carboxylic acids is 1. The maximum atomic E-state index is 10.6. The molecule has 0 spiro atoms. The average Bonchev–Trinajstić information content (AvgIpc) is 1.85. The van der Waals surface area contributed by atoms with Crippen LogP contribution in [-0.2, 0) is 0 Å². The van der Waals surface area contributed by atoms with Gasteiger partial charge >= 0.3 is 0 Å². The Balaban J connectivity index is 3.20. The number of carbonyl (C=O) groups is 1. The molecule has 0 radical (unpaired) electrons. The van der Waals surface area contributed by atoms with Crippen LogP contribution in [0.2, 0.25) is 0 Å². The van der Waals surface area contributed by atoms with Crippen molar-refractivity contribution < 1.29 is 4.79 Å². The molecule has 0 bridgehead atoms. The van der Waals surface area contributed by atoms with Gasteiger partial charge in [0.25, 0.3) is 5.91 Å². The van der Waals surface area contributed by atoms with Crippen LogP contribution in [0.1, 0.15) is 10.5 Å². The summed E-state index contributed by atoms with van der Waals surface area (Å²) in [6.45, 7) is 0. The molecule has 1 rings (SSSR count). The van der Waals surface area contributed by atoms with Crippen LogP contribution in [0, 0.1) is 0 Å². The fourth-order valence-electron chi connectivity index (χ4n) is 0.686. The van der Waals surface area contributed by atoms with Crippen LogP contribution in [0.5, 0.6) is 0 Å². The van der Waals surface area contributed by atoms with Crippen molar-refractivity contribution in [2.45, 2.75) is 0 Å². The molecule has 0 aliphatic heterocycles. The van der Waals surface area contributed by atoms with Crippen molar-refractivity contribution in [1.29, 1.82) is 0 Å². The quantitative estimate of drug-likeness (QED) is 0.429. The maximum Gasteiger partial charge on any atom is 0.271 e.